The van der Waals surface area contributed by atoms with Gasteiger partial charge in [-0.3, -0.25) is 4.79 Å². The van der Waals surface area contributed by atoms with Crippen LogP contribution in [0.4, 0.5) is 0 Å². The van der Waals surface area contributed by atoms with Crippen molar-refractivity contribution in [3.63, 3.8) is 0 Å². The Hall–Kier alpha value is -2.37. The number of aryl methyl sites for hydroxylation is 3. The van der Waals surface area contributed by atoms with Gasteiger partial charge in [-0.25, -0.2) is 8.42 Å². The Morgan fingerprint density at radius 3 is 2.26 bits per heavy atom. The summed E-state index contributed by atoms with van der Waals surface area (Å²) in [5.74, 6) is -0.407. The summed E-state index contributed by atoms with van der Waals surface area (Å²) in [6.07, 6.45) is 0.912. The van der Waals surface area contributed by atoms with E-state index in [9.17, 15) is 13.2 Å². The van der Waals surface area contributed by atoms with Crippen LogP contribution in [0, 0.1) is 13.8 Å². The number of hydrogen-bond donors (Lipinski definition) is 0. The zero-order chi connectivity index (χ0) is 25.6. The number of amides is 1. The van der Waals surface area contributed by atoms with Gasteiger partial charge in [-0.05, 0) is 61.7 Å². The van der Waals surface area contributed by atoms with Crippen molar-refractivity contribution in [2.75, 3.05) is 40.5 Å². The Balaban J connectivity index is 1.94. The molecule has 0 spiro atoms. The molecule has 2 aromatic carbocycles. The Kier molecular flexibility index (Phi) is 9.37. The molecule has 1 amide bonds. The molecule has 0 atom stereocenters. The van der Waals surface area contributed by atoms with Gasteiger partial charge in [0.1, 0.15) is 0 Å². The van der Waals surface area contributed by atoms with E-state index in [1.807, 2.05) is 0 Å². The van der Waals surface area contributed by atoms with E-state index in [2.05, 4.69) is 42.5 Å². The Labute approximate surface area is 210 Å². The number of rotatable bonds is 11. The van der Waals surface area contributed by atoms with Crippen LogP contribution in [-0.2, 0) is 26.0 Å². The van der Waals surface area contributed by atoms with Gasteiger partial charge < -0.3 is 14.0 Å². The van der Waals surface area contributed by atoms with Crippen LogP contribution in [0.5, 0.6) is 0 Å². The number of aromatic nitrogens is 1. The lowest BCUT2D eigenvalue weighted by Gasteiger charge is -2.21. The lowest BCUT2D eigenvalue weighted by molar-refractivity contribution is 0.0997. The maximum atomic E-state index is 13.1. The second-order valence-corrected chi connectivity index (χ2v) is 11.2. The number of benzene rings is 2. The smallest absolute Gasteiger partial charge is 0.279 e. The largest absolute Gasteiger partial charge is 0.383 e. The second-order valence-electron chi connectivity index (χ2n) is 8.30. The molecule has 0 aliphatic carbocycles. The van der Waals surface area contributed by atoms with Crippen LogP contribution in [0.15, 0.2) is 46.3 Å². The second kappa shape index (κ2) is 12.0. The van der Waals surface area contributed by atoms with E-state index < -0.39 is 15.9 Å². The van der Waals surface area contributed by atoms with E-state index in [1.54, 1.807) is 0 Å². The van der Waals surface area contributed by atoms with Gasteiger partial charge in [0.2, 0.25) is 10.0 Å². The Bertz CT molecular complexity index is 1330. The van der Waals surface area contributed by atoms with Gasteiger partial charge in [0.15, 0.2) is 4.80 Å². The number of thiazole rings is 1. The standard InChI is InChI=1S/C25H33N3O5S2/c1-6-11-28-22-17-18(2)16-19(3)23(22)34-25(28)26-24(29)20-7-9-21(10-8-20)35(30,31)27(12-14-32-4)13-15-33-5/h7-10,16-17H,6,11-15H2,1-5H3. The molecule has 35 heavy (non-hydrogen) atoms. The summed E-state index contributed by atoms with van der Waals surface area (Å²) in [4.78, 5) is 18.2. The third kappa shape index (κ3) is 6.25. The number of carbonyl (C=O) groups is 1. The quantitative estimate of drug-likeness (QED) is 0.385. The first-order valence-electron chi connectivity index (χ1n) is 11.5. The van der Waals surface area contributed by atoms with E-state index >= 15 is 0 Å². The minimum atomic E-state index is -3.76. The minimum absolute atomic E-state index is 0.107. The maximum absolute atomic E-state index is 13.1. The van der Waals surface area contributed by atoms with Gasteiger partial charge in [0.05, 0.1) is 28.3 Å². The molecule has 190 valence electrons. The van der Waals surface area contributed by atoms with Crippen molar-refractivity contribution < 1.29 is 22.7 Å². The SMILES string of the molecule is CCCn1c(=NC(=O)c2ccc(S(=O)(=O)N(CCOC)CCOC)cc2)sc2c(C)cc(C)cc21. The van der Waals surface area contributed by atoms with Crippen LogP contribution in [0.3, 0.4) is 0 Å². The van der Waals surface area contributed by atoms with Crippen molar-refractivity contribution in [1.29, 1.82) is 0 Å². The van der Waals surface area contributed by atoms with Gasteiger partial charge in [0.25, 0.3) is 5.91 Å². The van der Waals surface area contributed by atoms with E-state index in [4.69, 9.17) is 9.47 Å². The Morgan fingerprint density at radius 2 is 1.69 bits per heavy atom. The average Bonchev–Trinajstić information content (AvgIpc) is 3.16. The Morgan fingerprint density at radius 1 is 1.06 bits per heavy atom. The molecular weight excluding hydrogens is 486 g/mol. The monoisotopic (exact) mass is 519 g/mol. The molecule has 3 aromatic rings. The lowest BCUT2D eigenvalue weighted by Crippen LogP contribution is -2.36. The van der Waals surface area contributed by atoms with Crippen molar-refractivity contribution in [2.45, 2.75) is 38.6 Å². The van der Waals surface area contributed by atoms with E-state index in [1.165, 1.54) is 54.1 Å². The van der Waals surface area contributed by atoms with E-state index in [-0.39, 0.29) is 31.2 Å². The first kappa shape index (κ1) is 27.2. The third-order valence-corrected chi connectivity index (χ3v) is 8.73. The topological polar surface area (TPSA) is 90.2 Å². The van der Waals surface area contributed by atoms with Crippen LogP contribution in [-0.4, -0.2) is 63.7 Å². The van der Waals surface area contributed by atoms with Crippen molar-refractivity contribution in [3.05, 3.63) is 57.9 Å². The zero-order valence-corrected chi connectivity index (χ0v) is 22.5. The molecule has 0 saturated heterocycles. The molecule has 8 nitrogen and oxygen atoms in total. The van der Waals surface area contributed by atoms with Gasteiger partial charge in [-0.2, -0.15) is 9.30 Å². The van der Waals surface area contributed by atoms with Crippen molar-refractivity contribution >= 4 is 37.5 Å². The lowest BCUT2D eigenvalue weighted by atomic mass is 10.1. The van der Waals surface area contributed by atoms with Crippen LogP contribution in [0.1, 0.15) is 34.8 Å². The molecule has 1 aromatic heterocycles. The molecule has 0 saturated carbocycles. The number of carbonyl (C=O) groups excluding carboxylic acids is 1. The fourth-order valence-electron chi connectivity index (χ4n) is 3.85. The summed E-state index contributed by atoms with van der Waals surface area (Å²) < 4.78 is 40.8. The summed E-state index contributed by atoms with van der Waals surface area (Å²) in [5.41, 5.74) is 3.73. The molecule has 0 radical (unpaired) electrons. The molecule has 0 aliphatic rings. The van der Waals surface area contributed by atoms with Crippen LogP contribution in [0.2, 0.25) is 0 Å². The number of ether oxygens (including phenoxy) is 2. The van der Waals surface area contributed by atoms with E-state index in [0.29, 0.717) is 10.4 Å². The van der Waals surface area contributed by atoms with Crippen LogP contribution in [0.25, 0.3) is 10.2 Å². The van der Waals surface area contributed by atoms with Crippen LogP contribution >= 0.6 is 11.3 Å². The minimum Gasteiger partial charge on any atom is -0.383 e. The first-order chi connectivity index (χ1) is 16.7. The average molecular weight is 520 g/mol. The summed E-state index contributed by atoms with van der Waals surface area (Å²) in [7, 11) is -0.714. The predicted molar refractivity (Wildman–Crippen MR) is 138 cm³/mol. The molecule has 0 fully saturated rings. The number of fused-ring (bicyclic) bond motifs is 1. The highest BCUT2D eigenvalue weighted by Gasteiger charge is 2.24. The van der Waals surface area contributed by atoms with Crippen molar-refractivity contribution in [2.24, 2.45) is 4.99 Å². The molecule has 0 aliphatic heterocycles. The predicted octanol–water partition coefficient (Wildman–Crippen LogP) is 3.75. The highest BCUT2D eigenvalue weighted by molar-refractivity contribution is 7.89. The summed E-state index contributed by atoms with van der Waals surface area (Å²) >= 11 is 1.50. The highest BCUT2D eigenvalue weighted by atomic mass is 32.2. The fraction of sp³-hybridized carbons (Fsp3) is 0.440. The highest BCUT2D eigenvalue weighted by Crippen LogP contribution is 2.24. The third-order valence-electron chi connectivity index (χ3n) is 5.59. The van der Waals surface area contributed by atoms with Crippen molar-refractivity contribution in [3.8, 4) is 0 Å². The molecular formula is C25H33N3O5S2. The van der Waals surface area contributed by atoms with Crippen molar-refractivity contribution in [1.82, 2.24) is 8.87 Å². The molecule has 0 unspecified atom stereocenters. The number of sulfonamides is 1. The van der Waals surface area contributed by atoms with Crippen LogP contribution < -0.4 is 4.80 Å². The molecule has 0 N–H and O–H groups in total. The summed E-state index contributed by atoms with van der Waals surface area (Å²) in [6, 6.07) is 10.2. The first-order valence-corrected chi connectivity index (χ1v) is 13.8. The number of nitrogens with zero attached hydrogens (tertiary/aromatic N) is 3. The number of methoxy groups -OCH3 is 2. The molecule has 3 rings (SSSR count). The fourth-order valence-corrected chi connectivity index (χ4v) is 6.36. The molecule has 1 heterocycles. The van der Waals surface area contributed by atoms with Gasteiger partial charge in [-0.15, -0.1) is 0 Å². The summed E-state index contributed by atoms with van der Waals surface area (Å²) in [5, 5.41) is 0. The zero-order valence-electron chi connectivity index (χ0n) is 20.9. The summed E-state index contributed by atoms with van der Waals surface area (Å²) in [6.45, 7) is 7.92. The number of hydrogen-bond acceptors (Lipinski definition) is 6. The van der Waals surface area contributed by atoms with Gasteiger partial charge in [-0.1, -0.05) is 24.3 Å². The van der Waals surface area contributed by atoms with Gasteiger partial charge >= 0.3 is 0 Å². The van der Waals surface area contributed by atoms with E-state index in [0.717, 1.165) is 34.3 Å². The molecule has 0 bridgehead atoms. The maximum Gasteiger partial charge on any atom is 0.279 e. The normalized spacial score (nSPS) is 12.7. The molecule has 10 heteroatoms. The van der Waals surface area contributed by atoms with Gasteiger partial charge in [0, 0.05) is 39.4 Å².